The lowest BCUT2D eigenvalue weighted by Crippen LogP contribution is -2.24. The second-order valence-electron chi connectivity index (χ2n) is 5.05. The van der Waals surface area contributed by atoms with E-state index in [4.69, 9.17) is 5.11 Å². The molecule has 1 heterocycles. The van der Waals surface area contributed by atoms with Gasteiger partial charge in [0.1, 0.15) is 0 Å². The van der Waals surface area contributed by atoms with Gasteiger partial charge in [-0.1, -0.05) is 12.1 Å². The zero-order chi connectivity index (χ0) is 14.9. The number of carbonyl (C=O) groups is 1. The molecule has 0 aliphatic carbocycles. The summed E-state index contributed by atoms with van der Waals surface area (Å²) in [5.41, 5.74) is 1.56. The first-order chi connectivity index (χ1) is 9.29. The topological polar surface area (TPSA) is 86.7 Å². The lowest BCUT2D eigenvalue weighted by Gasteiger charge is -2.18. The van der Waals surface area contributed by atoms with Crippen molar-refractivity contribution in [3.8, 4) is 0 Å². The first kappa shape index (κ1) is 14.8. The number of benzene rings is 1. The third-order valence-electron chi connectivity index (χ3n) is 3.64. The molecular weight excluding hydrogens is 280 g/mol. The summed E-state index contributed by atoms with van der Waals surface area (Å²) in [6.07, 6.45) is 1.70. The Morgan fingerprint density at radius 1 is 1.35 bits per heavy atom. The number of hydrogen-bond donors (Lipinski definition) is 2. The van der Waals surface area contributed by atoms with Crippen LogP contribution in [0.5, 0.6) is 0 Å². The van der Waals surface area contributed by atoms with Gasteiger partial charge in [-0.3, -0.25) is 9.10 Å². The molecule has 1 saturated heterocycles. The molecule has 1 aliphatic heterocycles. The molecule has 0 radical (unpaired) electrons. The molecule has 7 heteroatoms. The van der Waals surface area contributed by atoms with Crippen LogP contribution in [0, 0.1) is 5.92 Å². The molecule has 110 valence electrons. The summed E-state index contributed by atoms with van der Waals surface area (Å²) in [6.45, 7) is 0.463. The van der Waals surface area contributed by atoms with Crippen molar-refractivity contribution >= 4 is 21.7 Å². The van der Waals surface area contributed by atoms with E-state index in [9.17, 15) is 13.2 Å². The zero-order valence-electron chi connectivity index (χ0n) is 11.4. The van der Waals surface area contributed by atoms with Crippen LogP contribution in [0.3, 0.4) is 0 Å². The molecule has 0 bridgehead atoms. The largest absolute Gasteiger partial charge is 0.481 e. The third-order valence-corrected chi connectivity index (χ3v) is 4.84. The van der Waals surface area contributed by atoms with Gasteiger partial charge in [-0.2, -0.15) is 0 Å². The van der Waals surface area contributed by atoms with E-state index in [1.165, 1.54) is 11.4 Å². The molecule has 2 atom stereocenters. The lowest BCUT2D eigenvalue weighted by atomic mass is 10.00. The molecule has 1 aromatic rings. The van der Waals surface area contributed by atoms with Gasteiger partial charge in [0.15, 0.2) is 0 Å². The van der Waals surface area contributed by atoms with E-state index in [-0.39, 0.29) is 12.0 Å². The van der Waals surface area contributed by atoms with Crippen molar-refractivity contribution in [2.75, 3.05) is 24.2 Å². The van der Waals surface area contributed by atoms with Crippen LogP contribution >= 0.6 is 0 Å². The van der Waals surface area contributed by atoms with E-state index >= 15 is 0 Å². The van der Waals surface area contributed by atoms with Gasteiger partial charge in [-0.15, -0.1) is 0 Å². The molecule has 0 amide bonds. The minimum atomic E-state index is -3.27. The minimum Gasteiger partial charge on any atom is -0.481 e. The van der Waals surface area contributed by atoms with E-state index in [2.05, 4.69) is 5.32 Å². The summed E-state index contributed by atoms with van der Waals surface area (Å²) >= 11 is 0. The number of nitrogens with zero attached hydrogens (tertiary/aromatic N) is 1. The molecule has 20 heavy (non-hydrogen) atoms. The highest BCUT2D eigenvalue weighted by atomic mass is 32.2. The SMILES string of the molecule is CN(c1ccc(C2CC(C(=O)O)CN2)cc1)S(C)(=O)=O. The number of nitrogens with one attached hydrogen (secondary N) is 1. The van der Waals surface area contributed by atoms with Gasteiger partial charge in [0.2, 0.25) is 10.0 Å². The van der Waals surface area contributed by atoms with Crippen LogP contribution in [0.25, 0.3) is 0 Å². The average molecular weight is 298 g/mol. The Kier molecular flexibility index (Phi) is 4.01. The Morgan fingerprint density at radius 2 is 1.95 bits per heavy atom. The zero-order valence-corrected chi connectivity index (χ0v) is 12.2. The second kappa shape index (κ2) is 5.41. The van der Waals surface area contributed by atoms with Crippen LogP contribution < -0.4 is 9.62 Å². The fraction of sp³-hybridized carbons (Fsp3) is 0.462. The summed E-state index contributed by atoms with van der Waals surface area (Å²) in [7, 11) is -1.77. The van der Waals surface area contributed by atoms with Crippen molar-refractivity contribution < 1.29 is 18.3 Å². The second-order valence-corrected chi connectivity index (χ2v) is 7.07. The van der Waals surface area contributed by atoms with E-state index in [1.54, 1.807) is 12.1 Å². The molecular formula is C13H18N2O4S. The van der Waals surface area contributed by atoms with Crippen LogP contribution in [-0.4, -0.2) is 39.3 Å². The normalized spacial score (nSPS) is 22.7. The van der Waals surface area contributed by atoms with E-state index in [1.807, 2.05) is 12.1 Å². The van der Waals surface area contributed by atoms with Gasteiger partial charge in [-0.25, -0.2) is 8.42 Å². The fourth-order valence-electron chi connectivity index (χ4n) is 2.29. The number of sulfonamides is 1. The standard InChI is InChI=1S/C13H18N2O4S/c1-15(20(2,18)19)11-5-3-9(4-6-11)12-7-10(8-14-12)13(16)17/h3-6,10,12,14H,7-8H2,1-2H3,(H,16,17). The van der Waals surface area contributed by atoms with Gasteiger partial charge in [0.05, 0.1) is 17.9 Å². The monoisotopic (exact) mass is 298 g/mol. The summed E-state index contributed by atoms with van der Waals surface area (Å²) in [4.78, 5) is 10.9. The number of aliphatic carboxylic acids is 1. The summed E-state index contributed by atoms with van der Waals surface area (Å²) in [6, 6.07) is 7.13. The minimum absolute atomic E-state index is 0.00805. The van der Waals surface area contributed by atoms with E-state index in [0.29, 0.717) is 18.7 Å². The maximum absolute atomic E-state index is 11.4. The van der Waals surface area contributed by atoms with Crippen LogP contribution in [0.4, 0.5) is 5.69 Å². The predicted octanol–water partition coefficient (Wildman–Crippen LogP) is 0.818. The van der Waals surface area contributed by atoms with Gasteiger partial charge in [0, 0.05) is 19.6 Å². The Hall–Kier alpha value is -1.60. The van der Waals surface area contributed by atoms with Crippen molar-refractivity contribution in [1.29, 1.82) is 0 Å². The maximum Gasteiger partial charge on any atom is 0.307 e. The number of hydrogen-bond acceptors (Lipinski definition) is 4. The fourth-order valence-corrected chi connectivity index (χ4v) is 2.79. The molecule has 0 spiro atoms. The Bertz CT molecular complexity index is 597. The summed E-state index contributed by atoms with van der Waals surface area (Å²) in [5.74, 6) is -1.15. The highest BCUT2D eigenvalue weighted by Gasteiger charge is 2.30. The maximum atomic E-state index is 11.4. The predicted molar refractivity (Wildman–Crippen MR) is 76.2 cm³/mol. The summed E-state index contributed by atoms with van der Waals surface area (Å²) < 4.78 is 24.1. The van der Waals surface area contributed by atoms with E-state index in [0.717, 1.165) is 11.8 Å². The molecule has 2 N–H and O–H groups in total. The van der Waals surface area contributed by atoms with Crippen LogP contribution in [0.15, 0.2) is 24.3 Å². The highest BCUT2D eigenvalue weighted by Crippen LogP contribution is 2.28. The summed E-state index contributed by atoms with van der Waals surface area (Å²) in [5, 5.41) is 12.1. The van der Waals surface area contributed by atoms with Gasteiger partial charge in [0.25, 0.3) is 0 Å². The highest BCUT2D eigenvalue weighted by molar-refractivity contribution is 7.92. The van der Waals surface area contributed by atoms with Crippen molar-refractivity contribution in [2.45, 2.75) is 12.5 Å². The quantitative estimate of drug-likeness (QED) is 0.859. The number of carboxylic acid groups (broad SMARTS) is 1. The van der Waals surface area contributed by atoms with Gasteiger partial charge >= 0.3 is 5.97 Å². The molecule has 0 saturated carbocycles. The smallest absolute Gasteiger partial charge is 0.307 e. The Balaban J connectivity index is 2.12. The van der Waals surface area contributed by atoms with Crippen molar-refractivity contribution in [3.63, 3.8) is 0 Å². The molecule has 2 rings (SSSR count). The van der Waals surface area contributed by atoms with Crippen LogP contribution in [0.1, 0.15) is 18.0 Å². The van der Waals surface area contributed by atoms with Crippen LogP contribution in [-0.2, 0) is 14.8 Å². The molecule has 1 aliphatic rings. The van der Waals surface area contributed by atoms with Gasteiger partial charge in [-0.05, 0) is 24.1 Å². The molecule has 0 aromatic heterocycles. The van der Waals surface area contributed by atoms with Gasteiger partial charge < -0.3 is 10.4 Å². The average Bonchev–Trinajstić information content (AvgIpc) is 2.86. The number of rotatable bonds is 4. The Labute approximate surface area is 118 Å². The number of anilines is 1. The molecule has 1 aromatic carbocycles. The first-order valence-corrected chi connectivity index (χ1v) is 8.14. The van der Waals surface area contributed by atoms with Crippen molar-refractivity contribution in [3.05, 3.63) is 29.8 Å². The molecule has 2 unspecified atom stereocenters. The Morgan fingerprint density at radius 3 is 2.40 bits per heavy atom. The van der Waals surface area contributed by atoms with Crippen molar-refractivity contribution in [2.24, 2.45) is 5.92 Å². The number of carboxylic acids is 1. The molecule has 1 fully saturated rings. The van der Waals surface area contributed by atoms with Crippen molar-refractivity contribution in [1.82, 2.24) is 5.32 Å². The third kappa shape index (κ3) is 3.10. The van der Waals surface area contributed by atoms with Crippen LogP contribution in [0.2, 0.25) is 0 Å². The first-order valence-electron chi connectivity index (χ1n) is 6.29. The van der Waals surface area contributed by atoms with E-state index < -0.39 is 16.0 Å². The molecule has 6 nitrogen and oxygen atoms in total. The lowest BCUT2D eigenvalue weighted by molar-refractivity contribution is -0.141.